The normalized spacial score (nSPS) is 9.53. The van der Waals surface area contributed by atoms with Crippen LogP contribution in [0.4, 0.5) is 0 Å². The smallest absolute Gasteiger partial charge is 0.182 e. The van der Waals surface area contributed by atoms with E-state index >= 15 is 0 Å². The summed E-state index contributed by atoms with van der Waals surface area (Å²) < 4.78 is 5.50. The van der Waals surface area contributed by atoms with Gasteiger partial charge in [-0.25, -0.2) is 4.98 Å². The molecular weight excluding hydrogens is 208 g/mol. The predicted octanol–water partition coefficient (Wildman–Crippen LogP) is 2.59. The second-order valence-electron chi connectivity index (χ2n) is 2.83. The molecule has 2 aromatic rings. The van der Waals surface area contributed by atoms with Crippen molar-refractivity contribution in [2.45, 2.75) is 6.61 Å². The highest BCUT2D eigenvalue weighted by molar-refractivity contribution is 7.09. The Labute approximate surface area is 91.6 Å². The molecule has 0 unspecified atom stereocenters. The maximum Gasteiger partial charge on any atom is 0.182 e. The average Bonchev–Trinajstić information content (AvgIpc) is 2.79. The van der Waals surface area contributed by atoms with Crippen LogP contribution in [0.15, 0.2) is 35.8 Å². The van der Waals surface area contributed by atoms with Crippen LogP contribution in [0.2, 0.25) is 0 Å². The molecule has 2 aromatic heterocycles. The maximum absolute atomic E-state index is 8.79. The van der Waals surface area contributed by atoms with Gasteiger partial charge in [0, 0.05) is 11.1 Å². The van der Waals surface area contributed by atoms with Crippen molar-refractivity contribution in [3.05, 3.63) is 46.4 Å². The summed E-state index contributed by atoms with van der Waals surface area (Å²) in [6, 6.07) is 9.46. The van der Waals surface area contributed by atoms with Crippen molar-refractivity contribution in [2.24, 2.45) is 0 Å². The number of hydrogen-bond acceptors (Lipinski definition) is 4. The summed E-state index contributed by atoms with van der Waals surface area (Å²) in [6.45, 7) is 0.484. The molecule has 74 valence electrons. The number of thiophene rings is 1. The lowest BCUT2D eigenvalue weighted by Gasteiger charge is -2.04. The molecule has 0 saturated heterocycles. The largest absolute Gasteiger partial charge is 0.485 e. The van der Waals surface area contributed by atoms with Crippen LogP contribution in [0.1, 0.15) is 10.6 Å². The Kier molecular flexibility index (Phi) is 2.96. The van der Waals surface area contributed by atoms with Crippen molar-refractivity contribution in [3.63, 3.8) is 0 Å². The van der Waals surface area contributed by atoms with Gasteiger partial charge in [-0.1, -0.05) is 6.07 Å². The van der Waals surface area contributed by atoms with Crippen LogP contribution in [-0.4, -0.2) is 4.98 Å². The number of pyridine rings is 1. The molecule has 0 radical (unpaired) electrons. The van der Waals surface area contributed by atoms with E-state index in [-0.39, 0.29) is 0 Å². The molecule has 0 saturated carbocycles. The van der Waals surface area contributed by atoms with Crippen molar-refractivity contribution in [2.75, 3.05) is 0 Å². The topological polar surface area (TPSA) is 45.9 Å². The Morgan fingerprint density at radius 2 is 2.33 bits per heavy atom. The fourth-order valence-corrected chi connectivity index (χ4v) is 1.75. The average molecular weight is 216 g/mol. The van der Waals surface area contributed by atoms with Gasteiger partial charge in [0.25, 0.3) is 0 Å². The molecule has 4 heteroatoms. The van der Waals surface area contributed by atoms with Crippen molar-refractivity contribution < 1.29 is 4.74 Å². The molecule has 0 aliphatic rings. The van der Waals surface area contributed by atoms with Crippen molar-refractivity contribution in [1.82, 2.24) is 4.98 Å². The van der Waals surface area contributed by atoms with Crippen molar-refractivity contribution in [3.8, 4) is 11.8 Å². The molecule has 0 atom stereocenters. The molecule has 0 bridgehead atoms. The van der Waals surface area contributed by atoms with Gasteiger partial charge in [-0.05, 0) is 23.6 Å². The standard InChI is InChI=1S/C11H8N2OS/c12-7-10-11(4-1-5-13-10)14-8-9-3-2-6-15-9/h1-6H,8H2. The van der Waals surface area contributed by atoms with Gasteiger partial charge in [-0.3, -0.25) is 0 Å². The third kappa shape index (κ3) is 2.33. The Morgan fingerprint density at radius 3 is 3.07 bits per heavy atom. The van der Waals surface area contributed by atoms with E-state index in [1.165, 1.54) is 0 Å². The first kappa shape index (κ1) is 9.69. The van der Waals surface area contributed by atoms with E-state index < -0.39 is 0 Å². The van der Waals surface area contributed by atoms with E-state index in [9.17, 15) is 0 Å². The lowest BCUT2D eigenvalue weighted by Crippen LogP contribution is -1.96. The first-order valence-corrected chi connectivity index (χ1v) is 5.28. The van der Waals surface area contributed by atoms with Gasteiger partial charge >= 0.3 is 0 Å². The van der Waals surface area contributed by atoms with E-state index in [4.69, 9.17) is 10.00 Å². The second kappa shape index (κ2) is 4.58. The predicted molar refractivity (Wildman–Crippen MR) is 57.6 cm³/mol. The van der Waals surface area contributed by atoms with E-state index in [1.54, 1.807) is 29.7 Å². The summed E-state index contributed by atoms with van der Waals surface area (Å²) >= 11 is 1.63. The van der Waals surface area contributed by atoms with Crippen LogP contribution < -0.4 is 4.74 Å². The molecule has 2 heterocycles. The van der Waals surface area contributed by atoms with Crippen molar-refractivity contribution in [1.29, 1.82) is 5.26 Å². The summed E-state index contributed by atoms with van der Waals surface area (Å²) in [4.78, 5) is 5.04. The summed E-state index contributed by atoms with van der Waals surface area (Å²) in [5.41, 5.74) is 0.328. The minimum absolute atomic E-state index is 0.328. The van der Waals surface area contributed by atoms with Crippen LogP contribution in [0.3, 0.4) is 0 Å². The number of hydrogen-bond donors (Lipinski definition) is 0. The molecule has 0 amide bonds. The van der Waals surface area contributed by atoms with Gasteiger partial charge in [0.15, 0.2) is 11.4 Å². The van der Waals surface area contributed by atoms with E-state index in [0.29, 0.717) is 18.1 Å². The highest BCUT2D eigenvalue weighted by Gasteiger charge is 2.03. The molecule has 0 aromatic carbocycles. The van der Waals surface area contributed by atoms with E-state index in [2.05, 4.69) is 4.98 Å². The highest BCUT2D eigenvalue weighted by atomic mass is 32.1. The number of nitrogens with zero attached hydrogens (tertiary/aromatic N) is 2. The Morgan fingerprint density at radius 1 is 1.40 bits per heavy atom. The summed E-state index contributed by atoms with van der Waals surface area (Å²) in [5, 5.41) is 10.8. The Hall–Kier alpha value is -1.86. The lowest BCUT2D eigenvalue weighted by atomic mass is 10.3. The van der Waals surface area contributed by atoms with E-state index in [0.717, 1.165) is 4.88 Å². The molecule has 0 aliphatic heterocycles. The zero-order chi connectivity index (χ0) is 10.5. The zero-order valence-electron chi connectivity index (χ0n) is 7.88. The Bertz CT molecular complexity index is 474. The van der Waals surface area contributed by atoms with Crippen LogP contribution in [-0.2, 0) is 6.61 Å². The third-order valence-corrected chi connectivity index (χ3v) is 2.68. The lowest BCUT2D eigenvalue weighted by molar-refractivity contribution is 0.307. The van der Waals surface area contributed by atoms with Gasteiger partial charge in [-0.2, -0.15) is 5.26 Å². The summed E-state index contributed by atoms with van der Waals surface area (Å²) in [5.74, 6) is 0.536. The van der Waals surface area contributed by atoms with Gasteiger partial charge in [0.1, 0.15) is 12.7 Å². The van der Waals surface area contributed by atoms with Gasteiger partial charge in [0.05, 0.1) is 0 Å². The first-order chi connectivity index (χ1) is 7.40. The molecule has 15 heavy (non-hydrogen) atoms. The Balaban J connectivity index is 2.08. The minimum Gasteiger partial charge on any atom is -0.485 e. The second-order valence-corrected chi connectivity index (χ2v) is 3.86. The van der Waals surface area contributed by atoms with Crippen LogP contribution in [0, 0.1) is 11.3 Å². The summed E-state index contributed by atoms with van der Waals surface area (Å²) in [6.07, 6.45) is 1.58. The number of rotatable bonds is 3. The number of aromatic nitrogens is 1. The number of ether oxygens (including phenoxy) is 1. The first-order valence-electron chi connectivity index (χ1n) is 4.40. The number of nitriles is 1. The summed E-state index contributed by atoms with van der Waals surface area (Å²) in [7, 11) is 0. The van der Waals surface area contributed by atoms with E-state index in [1.807, 2.05) is 23.6 Å². The highest BCUT2D eigenvalue weighted by Crippen LogP contribution is 2.17. The quantitative estimate of drug-likeness (QED) is 0.792. The third-order valence-electron chi connectivity index (χ3n) is 1.83. The maximum atomic E-state index is 8.79. The van der Waals surface area contributed by atoms with Crippen LogP contribution >= 0.6 is 11.3 Å². The molecule has 0 N–H and O–H groups in total. The molecule has 0 fully saturated rings. The molecule has 3 nitrogen and oxygen atoms in total. The minimum atomic E-state index is 0.328. The fourth-order valence-electron chi connectivity index (χ4n) is 1.13. The van der Waals surface area contributed by atoms with Gasteiger partial charge in [-0.15, -0.1) is 11.3 Å². The molecule has 0 aliphatic carbocycles. The van der Waals surface area contributed by atoms with Gasteiger partial charge < -0.3 is 4.74 Å². The molecule has 0 spiro atoms. The van der Waals surface area contributed by atoms with Crippen LogP contribution in [0.25, 0.3) is 0 Å². The monoisotopic (exact) mass is 216 g/mol. The van der Waals surface area contributed by atoms with Crippen molar-refractivity contribution >= 4 is 11.3 Å². The fraction of sp³-hybridized carbons (Fsp3) is 0.0909. The molecule has 2 rings (SSSR count). The van der Waals surface area contributed by atoms with Crippen LogP contribution in [0.5, 0.6) is 5.75 Å². The molecular formula is C11H8N2OS. The van der Waals surface area contributed by atoms with Gasteiger partial charge in [0.2, 0.25) is 0 Å². The SMILES string of the molecule is N#Cc1ncccc1OCc1cccs1. The zero-order valence-corrected chi connectivity index (χ0v) is 8.70.